The molecule has 0 saturated carbocycles. The molecule has 1 rings (SSSR count). The molecule has 0 aliphatic carbocycles. The Hall–Kier alpha value is -1.55. The summed E-state index contributed by atoms with van der Waals surface area (Å²) < 4.78 is 0. The van der Waals surface area contributed by atoms with Gasteiger partial charge in [-0.3, -0.25) is 5.43 Å². The number of hydrogen-bond donors (Lipinski definition) is 3. The SMILES string of the molecule is Cc1cc(C)c(C(C)(C)CNC(=O)NN)cc1C. The molecule has 0 atom stereocenters. The van der Waals surface area contributed by atoms with Gasteiger partial charge in [0.25, 0.3) is 0 Å². The maximum Gasteiger partial charge on any atom is 0.328 e. The third-order valence-electron chi connectivity index (χ3n) is 3.39. The summed E-state index contributed by atoms with van der Waals surface area (Å²) in [6.07, 6.45) is 0. The third-order valence-corrected chi connectivity index (χ3v) is 3.39. The zero-order chi connectivity index (χ0) is 13.9. The van der Waals surface area contributed by atoms with Gasteiger partial charge in [0.15, 0.2) is 0 Å². The summed E-state index contributed by atoms with van der Waals surface area (Å²) in [5.41, 5.74) is 7.01. The van der Waals surface area contributed by atoms with Gasteiger partial charge in [0, 0.05) is 12.0 Å². The van der Waals surface area contributed by atoms with Gasteiger partial charge in [-0.05, 0) is 43.0 Å². The molecule has 0 heterocycles. The molecule has 0 saturated heterocycles. The van der Waals surface area contributed by atoms with Crippen molar-refractivity contribution in [3.63, 3.8) is 0 Å². The number of nitrogens with one attached hydrogen (secondary N) is 2. The van der Waals surface area contributed by atoms with E-state index in [1.54, 1.807) is 0 Å². The van der Waals surface area contributed by atoms with E-state index < -0.39 is 0 Å². The van der Waals surface area contributed by atoms with Gasteiger partial charge >= 0.3 is 6.03 Å². The lowest BCUT2D eigenvalue weighted by atomic mass is 9.80. The fraction of sp³-hybridized carbons (Fsp3) is 0.500. The van der Waals surface area contributed by atoms with Gasteiger partial charge in [-0.2, -0.15) is 0 Å². The van der Waals surface area contributed by atoms with E-state index in [9.17, 15) is 4.79 Å². The number of carbonyl (C=O) groups excluding carboxylic acids is 1. The minimum atomic E-state index is -0.357. The predicted molar refractivity (Wildman–Crippen MR) is 74.4 cm³/mol. The highest BCUT2D eigenvalue weighted by Gasteiger charge is 2.23. The van der Waals surface area contributed by atoms with Gasteiger partial charge in [0.2, 0.25) is 0 Å². The van der Waals surface area contributed by atoms with Crippen LogP contribution in [0.4, 0.5) is 4.79 Å². The van der Waals surface area contributed by atoms with Crippen molar-refractivity contribution in [1.82, 2.24) is 10.7 Å². The lowest BCUT2D eigenvalue weighted by molar-refractivity contribution is 0.238. The van der Waals surface area contributed by atoms with Gasteiger partial charge in [0.1, 0.15) is 0 Å². The molecule has 0 aromatic heterocycles. The second-order valence-corrected chi connectivity index (χ2v) is 5.46. The number of rotatable bonds is 3. The van der Waals surface area contributed by atoms with Crippen LogP contribution in [-0.4, -0.2) is 12.6 Å². The number of carbonyl (C=O) groups is 1. The average Bonchev–Trinajstić information content (AvgIpc) is 2.30. The maximum atomic E-state index is 11.1. The van der Waals surface area contributed by atoms with Crippen molar-refractivity contribution in [1.29, 1.82) is 0 Å². The van der Waals surface area contributed by atoms with Crippen molar-refractivity contribution < 1.29 is 4.79 Å². The van der Waals surface area contributed by atoms with E-state index in [-0.39, 0.29) is 11.4 Å². The molecule has 18 heavy (non-hydrogen) atoms. The van der Waals surface area contributed by atoms with E-state index in [0.29, 0.717) is 6.54 Å². The number of benzene rings is 1. The van der Waals surface area contributed by atoms with Gasteiger partial charge in [-0.1, -0.05) is 26.0 Å². The highest BCUT2D eigenvalue weighted by atomic mass is 16.2. The van der Waals surface area contributed by atoms with Crippen LogP contribution in [0, 0.1) is 20.8 Å². The first-order valence-corrected chi connectivity index (χ1v) is 6.10. The van der Waals surface area contributed by atoms with Crippen LogP contribution in [0.15, 0.2) is 12.1 Å². The number of amides is 2. The van der Waals surface area contributed by atoms with E-state index >= 15 is 0 Å². The quantitative estimate of drug-likeness (QED) is 0.436. The highest BCUT2D eigenvalue weighted by molar-refractivity contribution is 5.73. The first-order valence-electron chi connectivity index (χ1n) is 6.10. The molecule has 0 bridgehead atoms. The summed E-state index contributed by atoms with van der Waals surface area (Å²) >= 11 is 0. The Morgan fingerprint density at radius 2 is 1.72 bits per heavy atom. The average molecular weight is 249 g/mol. The molecule has 0 fully saturated rings. The second kappa shape index (κ2) is 5.40. The monoisotopic (exact) mass is 249 g/mol. The number of urea groups is 1. The number of hydrogen-bond acceptors (Lipinski definition) is 2. The van der Waals surface area contributed by atoms with Crippen LogP contribution in [0.1, 0.15) is 36.1 Å². The van der Waals surface area contributed by atoms with Gasteiger partial charge in [-0.25, -0.2) is 10.6 Å². The summed E-state index contributed by atoms with van der Waals surface area (Å²) in [5.74, 6) is 5.05. The lowest BCUT2D eigenvalue weighted by Crippen LogP contribution is -2.45. The Balaban J connectivity index is 2.97. The van der Waals surface area contributed by atoms with Crippen molar-refractivity contribution in [2.75, 3.05) is 6.54 Å². The zero-order valence-electron chi connectivity index (χ0n) is 11.8. The third kappa shape index (κ3) is 3.23. The Morgan fingerprint density at radius 1 is 1.17 bits per heavy atom. The van der Waals surface area contributed by atoms with Crippen molar-refractivity contribution in [2.45, 2.75) is 40.0 Å². The predicted octanol–water partition coefficient (Wildman–Crippen LogP) is 2.06. The Bertz CT molecular complexity index is 453. The molecule has 0 radical (unpaired) electrons. The van der Waals surface area contributed by atoms with Gasteiger partial charge < -0.3 is 5.32 Å². The van der Waals surface area contributed by atoms with Crippen LogP contribution in [-0.2, 0) is 5.41 Å². The molecule has 4 nitrogen and oxygen atoms in total. The van der Waals surface area contributed by atoms with E-state index in [0.717, 1.165) is 0 Å². The van der Waals surface area contributed by atoms with Crippen LogP contribution < -0.4 is 16.6 Å². The van der Waals surface area contributed by atoms with Crippen molar-refractivity contribution >= 4 is 6.03 Å². The van der Waals surface area contributed by atoms with Gasteiger partial charge in [-0.15, -0.1) is 0 Å². The van der Waals surface area contributed by atoms with Crippen LogP contribution in [0.5, 0.6) is 0 Å². The van der Waals surface area contributed by atoms with Crippen LogP contribution in [0.25, 0.3) is 0 Å². The summed E-state index contributed by atoms with van der Waals surface area (Å²) in [7, 11) is 0. The minimum Gasteiger partial charge on any atom is -0.336 e. The molecular weight excluding hydrogens is 226 g/mol. The summed E-state index contributed by atoms with van der Waals surface area (Å²) in [6.45, 7) is 11.1. The smallest absolute Gasteiger partial charge is 0.328 e. The van der Waals surface area contributed by atoms with Crippen molar-refractivity contribution in [3.05, 3.63) is 34.4 Å². The summed E-state index contributed by atoms with van der Waals surface area (Å²) in [6, 6.07) is 4.03. The number of nitrogens with two attached hydrogens (primary N) is 1. The van der Waals surface area contributed by atoms with Gasteiger partial charge in [0.05, 0.1) is 0 Å². The lowest BCUT2D eigenvalue weighted by Gasteiger charge is -2.28. The Kier molecular flexibility index (Phi) is 4.35. The minimum absolute atomic E-state index is 0.130. The van der Waals surface area contributed by atoms with E-state index in [1.807, 2.05) is 0 Å². The molecule has 4 N–H and O–H groups in total. The number of hydrazine groups is 1. The number of aryl methyl sites for hydroxylation is 3. The van der Waals surface area contributed by atoms with Crippen molar-refractivity contribution in [3.8, 4) is 0 Å². The van der Waals surface area contributed by atoms with E-state index in [2.05, 4.69) is 57.5 Å². The van der Waals surface area contributed by atoms with E-state index in [4.69, 9.17) is 5.84 Å². The molecule has 2 amide bonds. The largest absolute Gasteiger partial charge is 0.336 e. The first-order chi connectivity index (χ1) is 8.27. The Morgan fingerprint density at radius 3 is 2.28 bits per heavy atom. The maximum absolute atomic E-state index is 11.1. The van der Waals surface area contributed by atoms with E-state index in [1.165, 1.54) is 22.3 Å². The molecule has 1 aromatic rings. The molecular formula is C14H23N3O. The standard InChI is InChI=1S/C14H23N3O/c1-9-6-11(3)12(7-10(9)2)14(4,5)8-16-13(18)17-15/h6-7H,8,15H2,1-5H3,(H2,16,17,18). The molecule has 0 unspecified atom stereocenters. The summed E-state index contributed by atoms with van der Waals surface area (Å²) in [4.78, 5) is 11.1. The fourth-order valence-corrected chi connectivity index (χ4v) is 2.14. The highest BCUT2D eigenvalue weighted by Crippen LogP contribution is 2.28. The molecule has 0 spiro atoms. The molecule has 4 heteroatoms. The topological polar surface area (TPSA) is 67.2 Å². The van der Waals surface area contributed by atoms with Crippen LogP contribution in [0.2, 0.25) is 0 Å². The second-order valence-electron chi connectivity index (χ2n) is 5.46. The van der Waals surface area contributed by atoms with Crippen LogP contribution in [0.3, 0.4) is 0 Å². The first kappa shape index (κ1) is 14.5. The molecule has 0 aliphatic rings. The molecule has 1 aromatic carbocycles. The van der Waals surface area contributed by atoms with Crippen LogP contribution >= 0.6 is 0 Å². The summed E-state index contributed by atoms with van der Waals surface area (Å²) in [5, 5.41) is 2.76. The van der Waals surface area contributed by atoms with Crippen molar-refractivity contribution in [2.24, 2.45) is 5.84 Å². The zero-order valence-corrected chi connectivity index (χ0v) is 11.8. The fourth-order valence-electron chi connectivity index (χ4n) is 2.14. The molecule has 100 valence electrons. The molecule has 0 aliphatic heterocycles. The normalized spacial score (nSPS) is 11.2. The Labute approximate surface area is 109 Å².